The molecule has 7 nitrogen and oxygen atoms in total. The van der Waals surface area contributed by atoms with Gasteiger partial charge in [-0.05, 0) is 49.4 Å². The molecule has 0 N–H and O–H groups in total. The standard InChI is InChI=1S/C23H23F3N2O5S/c24-23(25,26)17-9-2-4-12-20(17)34(31,32)28-14-6-11-19(28)22(30)33-15-21(29)27-13-5-8-16-7-1-3-10-18(16)27/h1-4,7,9-10,12,19H,5-6,8,11,13-15H2/t19-/m0/s1. The smallest absolute Gasteiger partial charge is 0.417 e. The van der Waals surface area contributed by atoms with Crippen molar-refractivity contribution < 1.29 is 35.9 Å². The van der Waals surface area contributed by atoms with E-state index in [-0.39, 0.29) is 19.4 Å². The van der Waals surface area contributed by atoms with E-state index in [0.717, 1.165) is 40.5 Å². The summed E-state index contributed by atoms with van der Waals surface area (Å²) in [5.74, 6) is -1.40. The van der Waals surface area contributed by atoms with Crippen LogP contribution in [0.15, 0.2) is 53.4 Å². The molecule has 4 rings (SSSR count). The molecule has 1 fully saturated rings. The molecule has 2 aliphatic rings. The van der Waals surface area contributed by atoms with E-state index in [0.29, 0.717) is 12.6 Å². The molecule has 11 heteroatoms. The van der Waals surface area contributed by atoms with E-state index in [1.165, 1.54) is 11.0 Å². The molecule has 182 valence electrons. The number of ether oxygens (including phenoxy) is 1. The van der Waals surface area contributed by atoms with E-state index in [9.17, 15) is 31.2 Å². The molecular formula is C23H23F3N2O5S. The van der Waals surface area contributed by atoms with E-state index in [2.05, 4.69) is 0 Å². The Balaban J connectivity index is 1.48. The third kappa shape index (κ3) is 4.67. The number of rotatable bonds is 5. The number of esters is 1. The molecular weight excluding hydrogens is 473 g/mol. The Labute approximate surface area is 195 Å². The van der Waals surface area contributed by atoms with Gasteiger partial charge in [0, 0.05) is 18.8 Å². The monoisotopic (exact) mass is 496 g/mol. The van der Waals surface area contributed by atoms with Crippen LogP contribution in [0.4, 0.5) is 18.9 Å². The van der Waals surface area contributed by atoms with E-state index in [4.69, 9.17) is 4.74 Å². The van der Waals surface area contributed by atoms with Crippen molar-refractivity contribution >= 4 is 27.6 Å². The first kappa shape index (κ1) is 24.2. The molecule has 2 aliphatic heterocycles. The minimum Gasteiger partial charge on any atom is -0.454 e. The molecule has 0 radical (unpaired) electrons. The number of carbonyl (C=O) groups excluding carboxylic acids is 2. The molecule has 2 aromatic carbocycles. The van der Waals surface area contributed by atoms with Crippen LogP contribution in [0.25, 0.3) is 0 Å². The Kier molecular flexibility index (Phi) is 6.68. The van der Waals surface area contributed by atoms with E-state index < -0.39 is 51.2 Å². The van der Waals surface area contributed by atoms with Crippen molar-refractivity contribution in [1.82, 2.24) is 4.31 Å². The topological polar surface area (TPSA) is 84.0 Å². The summed E-state index contributed by atoms with van der Waals surface area (Å²) >= 11 is 0. The SMILES string of the molecule is O=C(OCC(=O)N1CCCc2ccccc21)[C@@H]1CCCN1S(=O)(=O)c1ccccc1C(F)(F)F. The highest BCUT2D eigenvalue weighted by Gasteiger charge is 2.44. The average molecular weight is 497 g/mol. The van der Waals surface area contributed by atoms with Crippen molar-refractivity contribution in [2.45, 2.75) is 42.8 Å². The van der Waals surface area contributed by atoms with Gasteiger partial charge in [0.1, 0.15) is 6.04 Å². The van der Waals surface area contributed by atoms with Crippen LogP contribution < -0.4 is 4.90 Å². The third-order valence-electron chi connectivity index (χ3n) is 6.00. The summed E-state index contributed by atoms with van der Waals surface area (Å²) in [5, 5.41) is 0. The molecule has 34 heavy (non-hydrogen) atoms. The van der Waals surface area contributed by atoms with E-state index >= 15 is 0 Å². The van der Waals surface area contributed by atoms with Gasteiger partial charge in [-0.25, -0.2) is 8.42 Å². The molecule has 2 aromatic rings. The quantitative estimate of drug-likeness (QED) is 0.593. The number of aryl methyl sites for hydroxylation is 1. The van der Waals surface area contributed by atoms with E-state index in [1.54, 1.807) is 12.1 Å². The second-order valence-corrected chi connectivity index (χ2v) is 10.0. The lowest BCUT2D eigenvalue weighted by atomic mass is 10.0. The minimum absolute atomic E-state index is 0.0903. The van der Waals surface area contributed by atoms with Gasteiger partial charge in [0.2, 0.25) is 10.0 Å². The number of benzene rings is 2. The molecule has 0 bridgehead atoms. The number of sulfonamides is 1. The number of nitrogens with zero attached hydrogens (tertiary/aromatic N) is 2. The maximum Gasteiger partial charge on any atom is 0.417 e. The number of hydrogen-bond acceptors (Lipinski definition) is 5. The molecule has 1 atom stereocenters. The Morgan fingerprint density at radius 1 is 1.00 bits per heavy atom. The molecule has 0 aliphatic carbocycles. The number of carbonyl (C=O) groups is 2. The van der Waals surface area contributed by atoms with Crippen molar-refractivity contribution in [1.29, 1.82) is 0 Å². The molecule has 2 heterocycles. The van der Waals surface area contributed by atoms with Crippen LogP contribution >= 0.6 is 0 Å². The average Bonchev–Trinajstić information content (AvgIpc) is 3.32. The van der Waals surface area contributed by atoms with Crippen molar-refractivity contribution in [2.24, 2.45) is 0 Å². The fourth-order valence-corrected chi connectivity index (χ4v) is 6.28. The summed E-state index contributed by atoms with van der Waals surface area (Å²) in [7, 11) is -4.63. The van der Waals surface area contributed by atoms with Crippen LogP contribution in [0, 0.1) is 0 Å². The first-order valence-corrected chi connectivity index (χ1v) is 12.3. The molecule has 1 saturated heterocycles. The molecule has 0 spiro atoms. The summed E-state index contributed by atoms with van der Waals surface area (Å²) < 4.78 is 72.2. The number of amides is 1. The lowest BCUT2D eigenvalue weighted by Crippen LogP contribution is -2.44. The normalized spacial score (nSPS) is 19.0. The third-order valence-corrected chi connectivity index (χ3v) is 7.97. The van der Waals surface area contributed by atoms with E-state index in [1.807, 2.05) is 12.1 Å². The first-order chi connectivity index (χ1) is 16.1. The highest BCUT2D eigenvalue weighted by Crippen LogP contribution is 2.37. The number of halogens is 3. The number of alkyl halides is 3. The predicted molar refractivity (Wildman–Crippen MR) is 116 cm³/mol. The van der Waals surface area contributed by atoms with Crippen LogP contribution in [0.1, 0.15) is 30.4 Å². The second-order valence-electron chi connectivity index (χ2n) is 8.15. The molecule has 1 amide bonds. The van der Waals surface area contributed by atoms with Crippen LogP contribution in [-0.4, -0.2) is 50.3 Å². The van der Waals surface area contributed by atoms with Crippen molar-refractivity contribution in [3.8, 4) is 0 Å². The number of para-hydroxylation sites is 1. The van der Waals surface area contributed by atoms with Crippen molar-refractivity contribution in [3.63, 3.8) is 0 Å². The summed E-state index contributed by atoms with van der Waals surface area (Å²) in [6.07, 6.45) is -2.93. The zero-order valence-corrected chi connectivity index (χ0v) is 18.9. The van der Waals surface area contributed by atoms with Gasteiger partial charge in [0.15, 0.2) is 6.61 Å². The van der Waals surface area contributed by atoms with Crippen LogP contribution in [0.3, 0.4) is 0 Å². The van der Waals surface area contributed by atoms with Gasteiger partial charge in [-0.1, -0.05) is 30.3 Å². The zero-order chi connectivity index (χ0) is 24.5. The first-order valence-electron chi connectivity index (χ1n) is 10.8. The van der Waals surface area contributed by atoms with Crippen LogP contribution in [0.5, 0.6) is 0 Å². The van der Waals surface area contributed by atoms with Gasteiger partial charge in [0.25, 0.3) is 5.91 Å². The van der Waals surface area contributed by atoms with Crippen molar-refractivity contribution in [3.05, 3.63) is 59.7 Å². The fraction of sp³-hybridized carbons (Fsp3) is 0.391. The Bertz CT molecular complexity index is 1200. The Hall–Kier alpha value is -2.92. The molecule has 0 aromatic heterocycles. The lowest BCUT2D eigenvalue weighted by Gasteiger charge is -2.29. The summed E-state index contributed by atoms with van der Waals surface area (Å²) in [4.78, 5) is 26.1. The minimum atomic E-state index is -4.88. The predicted octanol–water partition coefficient (Wildman–Crippen LogP) is 3.38. The van der Waals surface area contributed by atoms with Gasteiger partial charge >= 0.3 is 12.1 Å². The number of fused-ring (bicyclic) bond motifs is 1. The van der Waals surface area contributed by atoms with Gasteiger partial charge in [0.05, 0.1) is 10.5 Å². The van der Waals surface area contributed by atoms with Gasteiger partial charge in [-0.15, -0.1) is 0 Å². The van der Waals surface area contributed by atoms with Gasteiger partial charge < -0.3 is 9.64 Å². The maximum absolute atomic E-state index is 13.4. The molecule has 0 saturated carbocycles. The number of anilines is 1. The highest BCUT2D eigenvalue weighted by molar-refractivity contribution is 7.89. The van der Waals surface area contributed by atoms with Gasteiger partial charge in [-0.3, -0.25) is 9.59 Å². The second kappa shape index (κ2) is 9.38. The summed E-state index contributed by atoms with van der Waals surface area (Å²) in [6, 6.07) is 9.95. The summed E-state index contributed by atoms with van der Waals surface area (Å²) in [6.45, 7) is -0.246. The van der Waals surface area contributed by atoms with Crippen LogP contribution in [0.2, 0.25) is 0 Å². The maximum atomic E-state index is 13.4. The zero-order valence-electron chi connectivity index (χ0n) is 18.1. The Morgan fingerprint density at radius 2 is 1.71 bits per heavy atom. The largest absolute Gasteiger partial charge is 0.454 e. The number of hydrogen-bond donors (Lipinski definition) is 0. The highest BCUT2D eigenvalue weighted by atomic mass is 32.2. The summed E-state index contributed by atoms with van der Waals surface area (Å²) in [5.41, 5.74) is 0.446. The molecule has 0 unspecified atom stereocenters. The fourth-order valence-electron chi connectivity index (χ4n) is 4.42. The van der Waals surface area contributed by atoms with Crippen LogP contribution in [-0.2, 0) is 36.9 Å². The lowest BCUT2D eigenvalue weighted by molar-refractivity contribution is -0.151. The Morgan fingerprint density at radius 3 is 2.47 bits per heavy atom. The van der Waals surface area contributed by atoms with Gasteiger partial charge in [-0.2, -0.15) is 17.5 Å². The van der Waals surface area contributed by atoms with Crippen molar-refractivity contribution in [2.75, 3.05) is 24.6 Å².